The summed E-state index contributed by atoms with van der Waals surface area (Å²) in [7, 11) is 0. The molecule has 0 bridgehead atoms. The minimum absolute atomic E-state index is 0.110. The van der Waals surface area contributed by atoms with Crippen molar-refractivity contribution in [1.29, 1.82) is 0 Å². The summed E-state index contributed by atoms with van der Waals surface area (Å²) in [6.45, 7) is 1.13. The molecule has 0 radical (unpaired) electrons. The molecule has 0 heterocycles. The van der Waals surface area contributed by atoms with E-state index in [2.05, 4.69) is 5.32 Å². The smallest absolute Gasteiger partial charge is 0.304 e. The molecule has 0 unspecified atom stereocenters. The van der Waals surface area contributed by atoms with E-state index in [0.29, 0.717) is 19.5 Å². The summed E-state index contributed by atoms with van der Waals surface area (Å²) in [6, 6.07) is 0. The number of hydrogen-bond donors (Lipinski definition) is 3. The third kappa shape index (κ3) is 10.9. The average molecular weight is 189 g/mol. The molecule has 0 spiro atoms. The van der Waals surface area contributed by atoms with E-state index < -0.39 is 11.9 Å². The van der Waals surface area contributed by atoms with Crippen molar-refractivity contribution >= 4 is 11.9 Å². The van der Waals surface area contributed by atoms with Crippen molar-refractivity contribution in [3.05, 3.63) is 0 Å². The highest BCUT2D eigenvalue weighted by atomic mass is 16.4. The number of hydrogen-bond acceptors (Lipinski definition) is 3. The van der Waals surface area contributed by atoms with Crippen LogP contribution in [-0.4, -0.2) is 35.2 Å². The van der Waals surface area contributed by atoms with E-state index in [1.54, 1.807) is 0 Å². The molecule has 0 rings (SSSR count). The molecule has 0 aromatic carbocycles. The zero-order chi connectivity index (χ0) is 10.1. The highest BCUT2D eigenvalue weighted by Gasteiger charge is 1.97. The number of rotatable bonds is 8. The maximum Gasteiger partial charge on any atom is 0.304 e. The molecule has 0 aliphatic heterocycles. The standard InChI is InChI=1S/C8H15NO4/c10-7(11)3-1-2-5-9-6-4-8(12)13/h9H,1-6H2,(H,10,11)(H,12,13). The summed E-state index contributed by atoms with van der Waals surface area (Å²) >= 11 is 0. The highest BCUT2D eigenvalue weighted by Crippen LogP contribution is 1.93. The summed E-state index contributed by atoms with van der Waals surface area (Å²) in [6.07, 6.45) is 1.70. The van der Waals surface area contributed by atoms with Crippen LogP contribution in [0.1, 0.15) is 25.7 Å². The minimum Gasteiger partial charge on any atom is -0.481 e. The van der Waals surface area contributed by atoms with Crippen molar-refractivity contribution in [2.45, 2.75) is 25.7 Å². The van der Waals surface area contributed by atoms with Gasteiger partial charge in [0.05, 0.1) is 6.42 Å². The van der Waals surface area contributed by atoms with Gasteiger partial charge >= 0.3 is 11.9 Å². The van der Waals surface area contributed by atoms with Gasteiger partial charge in [-0.2, -0.15) is 0 Å². The Morgan fingerprint density at radius 1 is 0.923 bits per heavy atom. The molecule has 0 atom stereocenters. The Morgan fingerprint density at radius 2 is 1.54 bits per heavy atom. The zero-order valence-electron chi connectivity index (χ0n) is 7.45. The van der Waals surface area contributed by atoms with Crippen LogP contribution in [0.25, 0.3) is 0 Å². The lowest BCUT2D eigenvalue weighted by Crippen LogP contribution is -2.19. The van der Waals surface area contributed by atoms with Crippen LogP contribution >= 0.6 is 0 Å². The van der Waals surface area contributed by atoms with Gasteiger partial charge in [0.1, 0.15) is 0 Å². The monoisotopic (exact) mass is 189 g/mol. The average Bonchev–Trinajstić information content (AvgIpc) is 2.01. The SMILES string of the molecule is O=C(O)CCCCNCCC(=O)O. The molecule has 0 aliphatic rings. The normalized spacial score (nSPS) is 9.85. The van der Waals surface area contributed by atoms with E-state index in [0.717, 1.165) is 6.42 Å². The fourth-order valence-corrected chi connectivity index (χ4v) is 0.847. The minimum atomic E-state index is -0.821. The maximum absolute atomic E-state index is 10.1. The second-order valence-electron chi connectivity index (χ2n) is 2.74. The molecule has 0 saturated carbocycles. The van der Waals surface area contributed by atoms with Crippen LogP contribution < -0.4 is 5.32 Å². The largest absolute Gasteiger partial charge is 0.481 e. The lowest BCUT2D eigenvalue weighted by Gasteiger charge is -2.00. The van der Waals surface area contributed by atoms with Crippen molar-refractivity contribution in [3.63, 3.8) is 0 Å². The number of unbranched alkanes of at least 4 members (excludes halogenated alkanes) is 1. The van der Waals surface area contributed by atoms with Gasteiger partial charge in [-0.05, 0) is 19.4 Å². The predicted octanol–water partition coefficient (Wildman–Crippen LogP) is 0.306. The first-order chi connectivity index (χ1) is 6.13. The van der Waals surface area contributed by atoms with Crippen LogP contribution in [0.3, 0.4) is 0 Å². The molecule has 5 nitrogen and oxygen atoms in total. The first-order valence-electron chi connectivity index (χ1n) is 4.27. The number of aliphatic carboxylic acids is 2. The molecular weight excluding hydrogens is 174 g/mol. The first-order valence-corrected chi connectivity index (χ1v) is 4.27. The van der Waals surface area contributed by atoms with Crippen LogP contribution in [0.15, 0.2) is 0 Å². The summed E-state index contributed by atoms with van der Waals surface area (Å²) < 4.78 is 0. The molecule has 0 aromatic rings. The van der Waals surface area contributed by atoms with Crippen LogP contribution in [0.2, 0.25) is 0 Å². The third-order valence-corrected chi connectivity index (χ3v) is 1.51. The van der Waals surface area contributed by atoms with E-state index in [1.807, 2.05) is 0 Å². The van der Waals surface area contributed by atoms with Crippen LogP contribution in [0, 0.1) is 0 Å². The third-order valence-electron chi connectivity index (χ3n) is 1.51. The Balaban J connectivity index is 3.00. The fraction of sp³-hybridized carbons (Fsp3) is 0.750. The van der Waals surface area contributed by atoms with Crippen LogP contribution in [0.4, 0.5) is 0 Å². The number of carboxylic acids is 2. The Bertz CT molecular complexity index is 152. The molecule has 3 N–H and O–H groups in total. The van der Waals surface area contributed by atoms with E-state index in [9.17, 15) is 9.59 Å². The number of nitrogens with one attached hydrogen (secondary N) is 1. The van der Waals surface area contributed by atoms with Crippen molar-refractivity contribution < 1.29 is 19.8 Å². The van der Waals surface area contributed by atoms with Gasteiger partial charge < -0.3 is 15.5 Å². The van der Waals surface area contributed by atoms with Gasteiger partial charge in [-0.25, -0.2) is 0 Å². The molecule has 0 aromatic heterocycles. The predicted molar refractivity (Wildman–Crippen MR) is 46.6 cm³/mol. The summed E-state index contributed by atoms with van der Waals surface area (Å²) in [5.74, 6) is -1.61. The fourth-order valence-electron chi connectivity index (χ4n) is 0.847. The van der Waals surface area contributed by atoms with Gasteiger partial charge in [-0.3, -0.25) is 9.59 Å². The number of carboxylic acid groups (broad SMARTS) is 2. The van der Waals surface area contributed by atoms with E-state index in [-0.39, 0.29) is 12.8 Å². The van der Waals surface area contributed by atoms with Gasteiger partial charge in [0.25, 0.3) is 0 Å². The quantitative estimate of drug-likeness (QED) is 0.478. The van der Waals surface area contributed by atoms with Crippen molar-refractivity contribution in [2.75, 3.05) is 13.1 Å². The lowest BCUT2D eigenvalue weighted by atomic mass is 10.2. The Kier molecular flexibility index (Phi) is 6.91. The second kappa shape index (κ2) is 7.54. The summed E-state index contributed by atoms with van der Waals surface area (Å²) in [5, 5.41) is 19.5. The van der Waals surface area contributed by atoms with Gasteiger partial charge in [0.15, 0.2) is 0 Å². The van der Waals surface area contributed by atoms with Gasteiger partial charge in [0, 0.05) is 13.0 Å². The van der Waals surface area contributed by atoms with Gasteiger partial charge in [-0.1, -0.05) is 0 Å². The summed E-state index contributed by atoms with van der Waals surface area (Å²) in [5.41, 5.74) is 0. The van der Waals surface area contributed by atoms with Crippen LogP contribution in [0.5, 0.6) is 0 Å². The zero-order valence-corrected chi connectivity index (χ0v) is 7.45. The molecular formula is C8H15NO4. The Hall–Kier alpha value is -1.10. The van der Waals surface area contributed by atoms with Crippen molar-refractivity contribution in [2.24, 2.45) is 0 Å². The summed E-state index contributed by atoms with van der Waals surface area (Å²) in [4.78, 5) is 20.1. The van der Waals surface area contributed by atoms with Crippen molar-refractivity contribution in [1.82, 2.24) is 5.32 Å². The molecule has 0 aliphatic carbocycles. The van der Waals surface area contributed by atoms with Crippen LogP contribution in [-0.2, 0) is 9.59 Å². The Labute approximate surface area is 76.8 Å². The van der Waals surface area contributed by atoms with E-state index in [4.69, 9.17) is 10.2 Å². The lowest BCUT2D eigenvalue weighted by molar-refractivity contribution is -0.137. The molecule has 5 heteroatoms. The van der Waals surface area contributed by atoms with Gasteiger partial charge in [0.2, 0.25) is 0 Å². The second-order valence-corrected chi connectivity index (χ2v) is 2.74. The van der Waals surface area contributed by atoms with Gasteiger partial charge in [-0.15, -0.1) is 0 Å². The molecule has 76 valence electrons. The first kappa shape index (κ1) is 11.9. The molecule has 13 heavy (non-hydrogen) atoms. The van der Waals surface area contributed by atoms with E-state index in [1.165, 1.54) is 0 Å². The molecule has 0 saturated heterocycles. The molecule has 0 amide bonds. The van der Waals surface area contributed by atoms with E-state index >= 15 is 0 Å². The highest BCUT2D eigenvalue weighted by molar-refractivity contribution is 5.67. The number of carbonyl (C=O) groups is 2. The Morgan fingerprint density at radius 3 is 2.08 bits per heavy atom. The van der Waals surface area contributed by atoms with Crippen molar-refractivity contribution in [3.8, 4) is 0 Å². The topological polar surface area (TPSA) is 86.6 Å². The molecule has 0 fully saturated rings. The maximum atomic E-state index is 10.1.